The number of nitrogens with zero attached hydrogens (tertiary/aromatic N) is 1. The van der Waals surface area contributed by atoms with Crippen molar-refractivity contribution in [3.63, 3.8) is 0 Å². The van der Waals surface area contributed by atoms with E-state index in [4.69, 9.17) is 5.73 Å². The fourth-order valence-electron chi connectivity index (χ4n) is 2.24. The third-order valence-corrected chi connectivity index (χ3v) is 3.96. The Labute approximate surface area is 114 Å². The van der Waals surface area contributed by atoms with Crippen molar-refractivity contribution in [3.05, 3.63) is 32.8 Å². The molecule has 0 unspecified atom stereocenters. The van der Waals surface area contributed by atoms with E-state index in [-0.39, 0.29) is 10.6 Å². The highest BCUT2D eigenvalue weighted by molar-refractivity contribution is 9.10. The first-order chi connectivity index (χ1) is 8.56. The van der Waals surface area contributed by atoms with Crippen molar-refractivity contribution in [2.45, 2.75) is 37.8 Å². The molecule has 0 aromatic heterocycles. The molecule has 0 aliphatic heterocycles. The van der Waals surface area contributed by atoms with Crippen LogP contribution in [-0.2, 0) is 0 Å². The van der Waals surface area contributed by atoms with E-state index in [0.717, 1.165) is 31.4 Å². The zero-order chi connectivity index (χ0) is 13.1. The number of nitrogens with one attached hydrogen (secondary N) is 1. The van der Waals surface area contributed by atoms with Gasteiger partial charge in [0.1, 0.15) is 0 Å². The number of nitrogens with two attached hydrogens (primary N) is 1. The highest BCUT2D eigenvalue weighted by Gasteiger charge is 2.19. The monoisotopic (exact) mass is 313 g/mol. The molecule has 1 saturated carbocycles. The molecule has 0 radical (unpaired) electrons. The SMILES string of the molecule is NC1CCC(Nc2ccc(Br)c([N+](=O)[O-])c2)CC1. The summed E-state index contributed by atoms with van der Waals surface area (Å²) in [5.41, 5.74) is 6.74. The first-order valence-corrected chi connectivity index (χ1v) is 6.81. The highest BCUT2D eigenvalue weighted by Crippen LogP contribution is 2.29. The molecule has 0 amide bonds. The molecule has 1 aliphatic rings. The Morgan fingerprint density at radius 3 is 2.61 bits per heavy atom. The summed E-state index contributed by atoms with van der Waals surface area (Å²) in [6.45, 7) is 0. The van der Waals surface area contributed by atoms with Gasteiger partial charge in [-0.3, -0.25) is 10.1 Å². The lowest BCUT2D eigenvalue weighted by atomic mass is 9.91. The molecular weight excluding hydrogens is 298 g/mol. The minimum absolute atomic E-state index is 0.0903. The maximum absolute atomic E-state index is 10.8. The van der Waals surface area contributed by atoms with E-state index >= 15 is 0 Å². The largest absolute Gasteiger partial charge is 0.382 e. The predicted octanol–water partition coefficient (Wildman–Crippen LogP) is 3.04. The normalized spacial score (nSPS) is 23.7. The summed E-state index contributed by atoms with van der Waals surface area (Å²) in [5, 5.41) is 14.2. The molecule has 0 heterocycles. The van der Waals surface area contributed by atoms with Crippen molar-refractivity contribution in [1.29, 1.82) is 0 Å². The van der Waals surface area contributed by atoms with Gasteiger partial charge in [0.05, 0.1) is 9.40 Å². The van der Waals surface area contributed by atoms with Gasteiger partial charge in [-0.2, -0.15) is 0 Å². The van der Waals surface area contributed by atoms with E-state index in [9.17, 15) is 10.1 Å². The van der Waals surface area contributed by atoms with E-state index in [2.05, 4.69) is 21.2 Å². The smallest absolute Gasteiger partial charge is 0.285 e. The van der Waals surface area contributed by atoms with Crippen LogP contribution in [0.3, 0.4) is 0 Å². The van der Waals surface area contributed by atoms with Crippen LogP contribution in [0.15, 0.2) is 22.7 Å². The third kappa shape index (κ3) is 3.20. The van der Waals surface area contributed by atoms with Gasteiger partial charge in [-0.1, -0.05) is 0 Å². The minimum atomic E-state index is -0.383. The zero-order valence-corrected chi connectivity index (χ0v) is 11.5. The zero-order valence-electron chi connectivity index (χ0n) is 9.93. The highest BCUT2D eigenvalue weighted by atomic mass is 79.9. The Hall–Kier alpha value is -1.14. The first-order valence-electron chi connectivity index (χ1n) is 6.02. The second-order valence-corrected chi connectivity index (χ2v) is 5.53. The number of rotatable bonds is 3. The number of hydrogen-bond donors (Lipinski definition) is 2. The van der Waals surface area contributed by atoms with Crippen molar-refractivity contribution in [3.8, 4) is 0 Å². The van der Waals surface area contributed by atoms with Gasteiger partial charge in [0.25, 0.3) is 5.69 Å². The Bertz CT molecular complexity index is 445. The summed E-state index contributed by atoms with van der Waals surface area (Å²) < 4.78 is 0.503. The second-order valence-electron chi connectivity index (χ2n) is 4.68. The molecule has 1 aliphatic carbocycles. The molecule has 98 valence electrons. The van der Waals surface area contributed by atoms with E-state index in [1.165, 1.54) is 0 Å². The predicted molar refractivity (Wildman–Crippen MR) is 74.7 cm³/mol. The molecule has 2 rings (SSSR count). The Kier molecular flexibility index (Phi) is 4.19. The van der Waals surface area contributed by atoms with Gasteiger partial charge in [0.2, 0.25) is 0 Å². The number of hydrogen-bond acceptors (Lipinski definition) is 4. The van der Waals surface area contributed by atoms with Crippen LogP contribution in [0.25, 0.3) is 0 Å². The van der Waals surface area contributed by atoms with Crippen LogP contribution in [0, 0.1) is 10.1 Å². The topological polar surface area (TPSA) is 81.2 Å². The van der Waals surface area contributed by atoms with Crippen molar-refractivity contribution in [2.75, 3.05) is 5.32 Å². The summed E-state index contributed by atoms with van der Waals surface area (Å²) >= 11 is 3.18. The lowest BCUT2D eigenvalue weighted by Gasteiger charge is -2.27. The average molecular weight is 314 g/mol. The summed E-state index contributed by atoms with van der Waals surface area (Å²) in [6, 6.07) is 5.80. The molecule has 0 saturated heterocycles. The van der Waals surface area contributed by atoms with E-state index in [1.807, 2.05) is 6.07 Å². The molecule has 6 heteroatoms. The quantitative estimate of drug-likeness (QED) is 0.664. The molecular formula is C12H16BrN3O2. The molecule has 0 bridgehead atoms. The van der Waals surface area contributed by atoms with E-state index in [1.54, 1.807) is 12.1 Å². The van der Waals surface area contributed by atoms with Crippen LogP contribution >= 0.6 is 15.9 Å². The fourth-order valence-corrected chi connectivity index (χ4v) is 2.63. The third-order valence-electron chi connectivity index (χ3n) is 3.29. The molecule has 18 heavy (non-hydrogen) atoms. The van der Waals surface area contributed by atoms with Crippen molar-refractivity contribution in [2.24, 2.45) is 5.73 Å². The minimum Gasteiger partial charge on any atom is -0.382 e. The maximum Gasteiger partial charge on any atom is 0.285 e. The Morgan fingerprint density at radius 1 is 1.33 bits per heavy atom. The number of benzene rings is 1. The van der Waals surface area contributed by atoms with E-state index < -0.39 is 0 Å². The van der Waals surface area contributed by atoms with Gasteiger partial charge in [-0.25, -0.2) is 0 Å². The van der Waals surface area contributed by atoms with Crippen molar-refractivity contribution in [1.82, 2.24) is 0 Å². The summed E-state index contributed by atoms with van der Waals surface area (Å²) in [7, 11) is 0. The molecule has 3 N–H and O–H groups in total. The van der Waals surface area contributed by atoms with E-state index in [0.29, 0.717) is 16.6 Å². The lowest BCUT2D eigenvalue weighted by Crippen LogP contribution is -2.32. The maximum atomic E-state index is 10.8. The second kappa shape index (κ2) is 5.67. The van der Waals surface area contributed by atoms with Gasteiger partial charge >= 0.3 is 0 Å². The summed E-state index contributed by atoms with van der Waals surface area (Å²) in [5.74, 6) is 0. The lowest BCUT2D eigenvalue weighted by molar-refractivity contribution is -0.385. The molecule has 5 nitrogen and oxygen atoms in total. The molecule has 0 spiro atoms. The van der Waals surface area contributed by atoms with Crippen molar-refractivity contribution < 1.29 is 4.92 Å². The van der Waals surface area contributed by atoms with Crippen molar-refractivity contribution >= 4 is 27.3 Å². The fraction of sp³-hybridized carbons (Fsp3) is 0.500. The Morgan fingerprint density at radius 2 is 2.00 bits per heavy atom. The van der Waals surface area contributed by atoms with Gasteiger partial charge < -0.3 is 11.1 Å². The number of anilines is 1. The summed E-state index contributed by atoms with van der Waals surface area (Å²) in [4.78, 5) is 10.5. The summed E-state index contributed by atoms with van der Waals surface area (Å²) in [6.07, 6.45) is 4.06. The van der Waals surface area contributed by atoms with Gasteiger partial charge in [0, 0.05) is 23.8 Å². The van der Waals surface area contributed by atoms with Crippen LogP contribution in [0.1, 0.15) is 25.7 Å². The van der Waals surface area contributed by atoms with Gasteiger partial charge in [-0.15, -0.1) is 0 Å². The van der Waals surface area contributed by atoms with Gasteiger partial charge in [-0.05, 0) is 53.7 Å². The standard InChI is InChI=1S/C12H16BrN3O2/c13-11-6-5-10(7-12(11)16(17)18)15-9-3-1-8(14)2-4-9/h5-9,15H,1-4,14H2. The first kappa shape index (κ1) is 13.3. The average Bonchev–Trinajstić information content (AvgIpc) is 2.34. The van der Waals surface area contributed by atoms with Crippen LogP contribution in [0.4, 0.5) is 11.4 Å². The van der Waals surface area contributed by atoms with Crippen LogP contribution < -0.4 is 11.1 Å². The van der Waals surface area contributed by atoms with Crippen LogP contribution in [0.2, 0.25) is 0 Å². The number of halogens is 1. The molecule has 1 aromatic rings. The number of nitro benzene ring substituents is 1. The Balaban J connectivity index is 2.05. The molecule has 1 aromatic carbocycles. The van der Waals surface area contributed by atoms with Gasteiger partial charge in [0.15, 0.2) is 0 Å². The molecule has 1 fully saturated rings. The van der Waals surface area contributed by atoms with Crippen LogP contribution in [0.5, 0.6) is 0 Å². The van der Waals surface area contributed by atoms with Crippen LogP contribution in [-0.4, -0.2) is 17.0 Å². The number of nitro groups is 1. The molecule has 0 atom stereocenters.